The van der Waals surface area contributed by atoms with Crippen molar-refractivity contribution in [3.05, 3.63) is 69.5 Å². The average Bonchev–Trinajstić information content (AvgIpc) is 2.70. The van der Waals surface area contributed by atoms with Gasteiger partial charge < -0.3 is 10.2 Å². The highest BCUT2D eigenvalue weighted by atomic mass is 35.5. The molecular formula is C22H25Cl2FN2O2. The molecule has 0 saturated heterocycles. The van der Waals surface area contributed by atoms with Crippen LogP contribution >= 0.6 is 23.2 Å². The van der Waals surface area contributed by atoms with Gasteiger partial charge in [0.05, 0.1) is 6.42 Å². The summed E-state index contributed by atoms with van der Waals surface area (Å²) < 4.78 is 13.2. The normalized spacial score (nSPS) is 11.8. The fraction of sp³-hybridized carbons (Fsp3) is 0.364. The Morgan fingerprint density at radius 2 is 1.69 bits per heavy atom. The smallest absolute Gasteiger partial charge is 0.242 e. The van der Waals surface area contributed by atoms with Crippen LogP contribution in [0.3, 0.4) is 0 Å². The van der Waals surface area contributed by atoms with Gasteiger partial charge in [0.1, 0.15) is 11.9 Å². The maximum absolute atomic E-state index is 13.2. The van der Waals surface area contributed by atoms with E-state index in [2.05, 4.69) is 5.32 Å². The van der Waals surface area contributed by atoms with E-state index in [1.165, 1.54) is 17.0 Å². The molecule has 2 aromatic carbocycles. The lowest BCUT2D eigenvalue weighted by Crippen LogP contribution is -2.49. The van der Waals surface area contributed by atoms with Crippen LogP contribution in [0.2, 0.25) is 10.0 Å². The van der Waals surface area contributed by atoms with Gasteiger partial charge >= 0.3 is 0 Å². The van der Waals surface area contributed by atoms with Crippen molar-refractivity contribution >= 4 is 35.0 Å². The molecule has 0 radical (unpaired) electrons. The van der Waals surface area contributed by atoms with Gasteiger partial charge in [-0.15, -0.1) is 0 Å². The lowest BCUT2D eigenvalue weighted by molar-refractivity contribution is -0.140. The topological polar surface area (TPSA) is 49.4 Å². The molecule has 0 aliphatic rings. The van der Waals surface area contributed by atoms with Gasteiger partial charge in [-0.3, -0.25) is 9.59 Å². The molecule has 0 spiro atoms. The van der Waals surface area contributed by atoms with Gasteiger partial charge in [-0.05, 0) is 42.7 Å². The van der Waals surface area contributed by atoms with Crippen LogP contribution in [0.15, 0.2) is 42.5 Å². The van der Waals surface area contributed by atoms with E-state index < -0.39 is 6.04 Å². The highest BCUT2D eigenvalue weighted by Crippen LogP contribution is 2.27. The van der Waals surface area contributed by atoms with Gasteiger partial charge in [-0.2, -0.15) is 0 Å². The number of hydrogen-bond acceptors (Lipinski definition) is 2. The predicted molar refractivity (Wildman–Crippen MR) is 114 cm³/mol. The lowest BCUT2D eigenvalue weighted by Gasteiger charge is -2.31. The fourth-order valence-electron chi connectivity index (χ4n) is 3.02. The minimum Gasteiger partial charge on any atom is -0.354 e. The summed E-state index contributed by atoms with van der Waals surface area (Å²) in [7, 11) is 0. The molecule has 0 bridgehead atoms. The molecular weight excluding hydrogens is 414 g/mol. The molecule has 0 saturated carbocycles. The zero-order chi connectivity index (χ0) is 21.4. The molecule has 0 aliphatic heterocycles. The monoisotopic (exact) mass is 438 g/mol. The highest BCUT2D eigenvalue weighted by Gasteiger charge is 2.29. The molecule has 0 aliphatic carbocycles. The first-order chi connectivity index (χ1) is 13.9. The van der Waals surface area contributed by atoms with E-state index in [9.17, 15) is 14.0 Å². The molecule has 7 heteroatoms. The molecule has 0 unspecified atom stereocenters. The summed E-state index contributed by atoms with van der Waals surface area (Å²) in [5, 5.41) is 3.72. The second kappa shape index (κ2) is 11.2. The van der Waals surface area contributed by atoms with E-state index in [4.69, 9.17) is 23.2 Å². The molecule has 1 atom stereocenters. The largest absolute Gasteiger partial charge is 0.354 e. The maximum atomic E-state index is 13.2. The minimum absolute atomic E-state index is 0.0416. The predicted octanol–water partition coefficient (Wildman–Crippen LogP) is 5.01. The first kappa shape index (κ1) is 23.2. The Bertz CT molecular complexity index is 823. The number of nitrogens with zero attached hydrogens (tertiary/aromatic N) is 1. The molecule has 0 heterocycles. The number of hydrogen-bond donors (Lipinski definition) is 1. The van der Waals surface area contributed by atoms with Crippen LogP contribution < -0.4 is 5.32 Å². The molecule has 1 N–H and O–H groups in total. The quantitative estimate of drug-likeness (QED) is 0.597. The molecule has 2 aromatic rings. The van der Waals surface area contributed by atoms with E-state index in [0.717, 1.165) is 6.42 Å². The average molecular weight is 439 g/mol. The molecule has 4 nitrogen and oxygen atoms in total. The fourth-order valence-corrected chi connectivity index (χ4v) is 3.53. The number of amides is 2. The van der Waals surface area contributed by atoms with Gasteiger partial charge in [0.15, 0.2) is 0 Å². The Hall–Kier alpha value is -2.11. The second-order valence-electron chi connectivity index (χ2n) is 6.74. The van der Waals surface area contributed by atoms with Crippen LogP contribution in [0.25, 0.3) is 0 Å². The Morgan fingerprint density at radius 3 is 2.24 bits per heavy atom. The van der Waals surface area contributed by atoms with Gasteiger partial charge in [0.2, 0.25) is 11.8 Å². The molecule has 156 valence electrons. The zero-order valence-electron chi connectivity index (χ0n) is 16.6. The van der Waals surface area contributed by atoms with Crippen LogP contribution in [0, 0.1) is 5.82 Å². The van der Waals surface area contributed by atoms with Crippen molar-refractivity contribution in [2.75, 3.05) is 6.54 Å². The zero-order valence-corrected chi connectivity index (χ0v) is 18.1. The first-order valence-corrected chi connectivity index (χ1v) is 10.4. The van der Waals surface area contributed by atoms with Crippen LogP contribution in [0.4, 0.5) is 4.39 Å². The van der Waals surface area contributed by atoms with Crippen molar-refractivity contribution in [2.45, 2.75) is 45.7 Å². The van der Waals surface area contributed by atoms with Crippen molar-refractivity contribution in [2.24, 2.45) is 0 Å². The van der Waals surface area contributed by atoms with Gasteiger partial charge in [-0.25, -0.2) is 4.39 Å². The Morgan fingerprint density at radius 1 is 1.07 bits per heavy atom. The van der Waals surface area contributed by atoms with Crippen molar-refractivity contribution in [1.82, 2.24) is 10.2 Å². The summed E-state index contributed by atoms with van der Waals surface area (Å²) in [6.45, 7) is 4.45. The number of rotatable bonds is 9. The Kier molecular flexibility index (Phi) is 8.93. The molecule has 2 amide bonds. The summed E-state index contributed by atoms with van der Waals surface area (Å²) in [4.78, 5) is 27.4. The van der Waals surface area contributed by atoms with Gasteiger partial charge in [0.25, 0.3) is 0 Å². The van der Waals surface area contributed by atoms with Crippen molar-refractivity contribution in [1.29, 1.82) is 0 Å². The van der Waals surface area contributed by atoms with E-state index in [-0.39, 0.29) is 30.6 Å². The third-order valence-corrected chi connectivity index (χ3v) is 5.30. The summed E-state index contributed by atoms with van der Waals surface area (Å²) in [6, 6.07) is 10.2. The molecule has 2 rings (SSSR count). The Labute approximate surface area is 181 Å². The number of carbonyl (C=O) groups excluding carboxylic acids is 2. The summed E-state index contributed by atoms with van der Waals surface area (Å²) in [6.07, 6.45) is 1.27. The maximum Gasteiger partial charge on any atom is 0.242 e. The number of carbonyl (C=O) groups is 2. The molecule has 29 heavy (non-hydrogen) atoms. The number of nitrogens with one attached hydrogen (secondary N) is 1. The Balaban J connectivity index is 2.33. The van der Waals surface area contributed by atoms with Crippen molar-refractivity contribution < 1.29 is 14.0 Å². The van der Waals surface area contributed by atoms with E-state index in [1.807, 2.05) is 13.8 Å². The number of halogens is 3. The lowest BCUT2D eigenvalue weighted by atomic mass is 10.1. The third kappa shape index (κ3) is 6.44. The van der Waals surface area contributed by atoms with Crippen LogP contribution in [-0.2, 0) is 22.6 Å². The molecule has 0 aromatic heterocycles. The highest BCUT2D eigenvalue weighted by molar-refractivity contribution is 6.36. The molecule has 0 fully saturated rings. The van der Waals surface area contributed by atoms with Crippen molar-refractivity contribution in [3.63, 3.8) is 0 Å². The van der Waals surface area contributed by atoms with Crippen LogP contribution in [0.1, 0.15) is 37.8 Å². The van der Waals surface area contributed by atoms with Crippen molar-refractivity contribution in [3.8, 4) is 0 Å². The minimum atomic E-state index is -0.665. The van der Waals surface area contributed by atoms with Crippen LogP contribution in [0.5, 0.6) is 0 Å². The standard InChI is InChI=1S/C22H25Cl2FN2O2/c1-3-12-26-22(29)20(4-2)27(14-17-18(23)6-5-7-19(17)24)21(28)13-15-8-10-16(25)11-9-15/h5-11,20H,3-4,12-14H2,1-2H3,(H,26,29)/t20-/m1/s1. The third-order valence-electron chi connectivity index (χ3n) is 4.59. The summed E-state index contributed by atoms with van der Waals surface area (Å²) in [5.41, 5.74) is 1.25. The van der Waals surface area contributed by atoms with Crippen LogP contribution in [-0.4, -0.2) is 29.3 Å². The van der Waals surface area contributed by atoms with Gasteiger partial charge in [0, 0.05) is 28.7 Å². The second-order valence-corrected chi connectivity index (χ2v) is 7.55. The van der Waals surface area contributed by atoms with Gasteiger partial charge in [-0.1, -0.05) is 55.2 Å². The van der Waals surface area contributed by atoms with E-state index >= 15 is 0 Å². The first-order valence-electron chi connectivity index (χ1n) is 9.61. The summed E-state index contributed by atoms with van der Waals surface area (Å²) in [5.74, 6) is -0.845. The SMILES string of the molecule is CCCNC(=O)[C@@H](CC)N(Cc1c(Cl)cccc1Cl)C(=O)Cc1ccc(F)cc1. The number of benzene rings is 2. The van der Waals surface area contributed by atoms with E-state index in [0.29, 0.717) is 34.1 Å². The summed E-state index contributed by atoms with van der Waals surface area (Å²) >= 11 is 12.6. The van der Waals surface area contributed by atoms with E-state index in [1.54, 1.807) is 30.3 Å².